The Balaban J connectivity index is 1.83. The number of methoxy groups -OCH3 is 1. The van der Waals surface area contributed by atoms with Gasteiger partial charge in [-0.2, -0.15) is 0 Å². The van der Waals surface area contributed by atoms with Crippen molar-refractivity contribution in [2.45, 2.75) is 37.9 Å². The van der Waals surface area contributed by atoms with Gasteiger partial charge in [0.15, 0.2) is 10.9 Å². The molecule has 0 saturated heterocycles. The number of hydrogen-bond acceptors (Lipinski definition) is 5. The molecule has 0 bridgehead atoms. The Bertz CT molecular complexity index is 1070. The molecule has 0 amide bonds. The smallest absolute Gasteiger partial charge is 0.262 e. The van der Waals surface area contributed by atoms with E-state index in [0.717, 1.165) is 0 Å². The van der Waals surface area contributed by atoms with Crippen molar-refractivity contribution in [1.29, 1.82) is 0 Å². The highest BCUT2D eigenvalue weighted by Crippen LogP contribution is 2.23. The molecule has 1 aromatic heterocycles. The highest BCUT2D eigenvalue weighted by Gasteiger charge is 2.16. The normalized spacial score (nSPS) is 11.7. The van der Waals surface area contributed by atoms with Crippen LogP contribution in [0.15, 0.2) is 58.5 Å². The molecule has 1 heterocycles. The van der Waals surface area contributed by atoms with Crippen molar-refractivity contribution in [3.63, 3.8) is 0 Å². The molecule has 3 aromatic rings. The van der Waals surface area contributed by atoms with Crippen LogP contribution in [0.1, 0.15) is 36.7 Å². The highest BCUT2D eigenvalue weighted by atomic mass is 32.2. The van der Waals surface area contributed by atoms with Gasteiger partial charge in [0.2, 0.25) is 0 Å². The number of Topliss-reactive ketones (excluding diaryl/α,β-unsaturated/α-hetero) is 1. The molecule has 0 saturated carbocycles. The molecule has 0 fully saturated rings. The summed E-state index contributed by atoms with van der Waals surface area (Å²) >= 11 is 1.29. The van der Waals surface area contributed by atoms with Crippen LogP contribution >= 0.6 is 11.8 Å². The van der Waals surface area contributed by atoms with Gasteiger partial charge in [-0.15, -0.1) is 0 Å². The standard InChI is InChI=1S/C23H26N2O3S/c1-23(2,3)17-11-9-16(10-12-17)20(26)15-29-22-24-19-8-6-5-7-18(19)21(27)25(22)13-14-28-4/h5-12H,13-15H2,1-4H3. The first-order valence-corrected chi connectivity index (χ1v) is 10.5. The van der Waals surface area contributed by atoms with E-state index in [4.69, 9.17) is 4.74 Å². The number of benzene rings is 2. The molecular formula is C23H26N2O3S. The molecule has 0 radical (unpaired) electrons. The van der Waals surface area contributed by atoms with Crippen molar-refractivity contribution in [2.24, 2.45) is 0 Å². The zero-order chi connectivity index (χ0) is 21.0. The molecule has 5 nitrogen and oxygen atoms in total. The summed E-state index contributed by atoms with van der Waals surface area (Å²) in [5.74, 6) is 0.225. The fraction of sp³-hybridized carbons (Fsp3) is 0.348. The second-order valence-corrected chi connectivity index (χ2v) is 8.84. The van der Waals surface area contributed by atoms with Crippen molar-refractivity contribution < 1.29 is 9.53 Å². The second-order valence-electron chi connectivity index (χ2n) is 7.90. The number of thioether (sulfide) groups is 1. The molecular weight excluding hydrogens is 384 g/mol. The quantitative estimate of drug-likeness (QED) is 0.330. The average Bonchev–Trinajstić information content (AvgIpc) is 2.71. The summed E-state index contributed by atoms with van der Waals surface area (Å²) in [5, 5.41) is 1.10. The lowest BCUT2D eigenvalue weighted by molar-refractivity contribution is 0.102. The number of rotatable bonds is 7. The molecule has 0 aliphatic carbocycles. The number of carbonyl (C=O) groups excluding carboxylic acids is 1. The van der Waals surface area contributed by atoms with Gasteiger partial charge >= 0.3 is 0 Å². The lowest BCUT2D eigenvalue weighted by atomic mass is 9.86. The van der Waals surface area contributed by atoms with Gasteiger partial charge < -0.3 is 4.74 Å². The van der Waals surface area contributed by atoms with Crippen LogP contribution in [0.2, 0.25) is 0 Å². The molecule has 152 valence electrons. The maximum absolute atomic E-state index is 12.9. The number of fused-ring (bicyclic) bond motifs is 1. The molecule has 0 N–H and O–H groups in total. The molecule has 29 heavy (non-hydrogen) atoms. The predicted molar refractivity (Wildman–Crippen MR) is 118 cm³/mol. The monoisotopic (exact) mass is 410 g/mol. The van der Waals surface area contributed by atoms with E-state index in [1.165, 1.54) is 17.3 Å². The molecule has 2 aromatic carbocycles. The van der Waals surface area contributed by atoms with Gasteiger partial charge in [0.1, 0.15) is 0 Å². The summed E-state index contributed by atoms with van der Waals surface area (Å²) < 4.78 is 6.73. The van der Waals surface area contributed by atoms with Crippen LogP contribution in [-0.4, -0.2) is 34.8 Å². The molecule has 0 aliphatic rings. The van der Waals surface area contributed by atoms with E-state index in [2.05, 4.69) is 25.8 Å². The average molecular weight is 411 g/mol. The van der Waals surface area contributed by atoms with Crippen molar-refractivity contribution in [2.75, 3.05) is 19.5 Å². The Morgan fingerprint density at radius 2 is 1.79 bits per heavy atom. The summed E-state index contributed by atoms with van der Waals surface area (Å²) in [5.41, 5.74) is 2.42. The Labute approximate surface area is 175 Å². The third-order valence-corrected chi connectivity index (χ3v) is 5.73. The van der Waals surface area contributed by atoms with Gasteiger partial charge in [-0.05, 0) is 23.1 Å². The molecule has 3 rings (SSSR count). The van der Waals surface area contributed by atoms with Crippen molar-refractivity contribution in [1.82, 2.24) is 9.55 Å². The van der Waals surface area contributed by atoms with E-state index in [1.54, 1.807) is 17.7 Å². The Morgan fingerprint density at radius 3 is 2.45 bits per heavy atom. The lowest BCUT2D eigenvalue weighted by Crippen LogP contribution is -2.25. The van der Waals surface area contributed by atoms with Gasteiger partial charge in [0, 0.05) is 12.7 Å². The molecule has 0 atom stereocenters. The number of carbonyl (C=O) groups is 1. The SMILES string of the molecule is COCCn1c(SCC(=O)c2ccc(C(C)(C)C)cc2)nc2ccccc2c1=O. The summed E-state index contributed by atoms with van der Waals surface area (Å²) in [6.45, 7) is 7.22. The first-order valence-electron chi connectivity index (χ1n) is 9.56. The molecule has 0 unspecified atom stereocenters. The minimum atomic E-state index is -0.114. The summed E-state index contributed by atoms with van der Waals surface area (Å²) in [6, 6.07) is 15.0. The van der Waals surface area contributed by atoms with E-state index in [0.29, 0.717) is 34.8 Å². The molecule has 6 heteroatoms. The number of hydrogen-bond donors (Lipinski definition) is 0. The largest absolute Gasteiger partial charge is 0.383 e. The minimum Gasteiger partial charge on any atom is -0.383 e. The number of ether oxygens (including phenoxy) is 1. The van der Waals surface area contributed by atoms with Gasteiger partial charge in [0.05, 0.1) is 29.8 Å². The Morgan fingerprint density at radius 1 is 1.10 bits per heavy atom. The first kappa shape index (κ1) is 21.3. The minimum absolute atomic E-state index is 0.0103. The fourth-order valence-corrected chi connectivity index (χ4v) is 3.93. The zero-order valence-corrected chi connectivity index (χ0v) is 18.1. The van der Waals surface area contributed by atoms with Gasteiger partial charge in [-0.1, -0.05) is 68.9 Å². The van der Waals surface area contributed by atoms with Crippen LogP contribution in [0.4, 0.5) is 0 Å². The maximum Gasteiger partial charge on any atom is 0.262 e. The van der Waals surface area contributed by atoms with E-state index >= 15 is 0 Å². The van der Waals surface area contributed by atoms with E-state index in [-0.39, 0.29) is 22.5 Å². The second kappa shape index (κ2) is 8.93. The topological polar surface area (TPSA) is 61.2 Å². The summed E-state index contributed by atoms with van der Waals surface area (Å²) in [7, 11) is 1.59. The van der Waals surface area contributed by atoms with Crippen molar-refractivity contribution >= 4 is 28.4 Å². The number of para-hydroxylation sites is 1. The van der Waals surface area contributed by atoms with E-state index in [9.17, 15) is 9.59 Å². The maximum atomic E-state index is 12.9. The third kappa shape index (κ3) is 4.95. The number of nitrogens with zero attached hydrogens (tertiary/aromatic N) is 2. The van der Waals surface area contributed by atoms with E-state index in [1.807, 2.05) is 42.5 Å². The Kier molecular flexibility index (Phi) is 6.55. The van der Waals surface area contributed by atoms with Crippen LogP contribution in [0.5, 0.6) is 0 Å². The van der Waals surface area contributed by atoms with Crippen LogP contribution in [-0.2, 0) is 16.7 Å². The summed E-state index contributed by atoms with van der Waals surface area (Å²) in [4.78, 5) is 30.2. The van der Waals surface area contributed by atoms with E-state index < -0.39 is 0 Å². The molecule has 0 spiro atoms. The highest BCUT2D eigenvalue weighted by molar-refractivity contribution is 7.99. The predicted octanol–water partition coefficient (Wildman–Crippen LogP) is 4.32. The van der Waals surface area contributed by atoms with Crippen LogP contribution in [0.25, 0.3) is 10.9 Å². The van der Waals surface area contributed by atoms with Crippen LogP contribution < -0.4 is 5.56 Å². The van der Waals surface area contributed by atoms with Crippen LogP contribution in [0, 0.1) is 0 Å². The lowest BCUT2D eigenvalue weighted by Gasteiger charge is -2.19. The molecule has 0 aliphatic heterocycles. The Hall–Kier alpha value is -2.44. The first-order chi connectivity index (χ1) is 13.8. The number of ketones is 1. The number of aromatic nitrogens is 2. The third-order valence-electron chi connectivity index (χ3n) is 4.75. The van der Waals surface area contributed by atoms with Crippen molar-refractivity contribution in [3.05, 3.63) is 70.0 Å². The fourth-order valence-electron chi connectivity index (χ4n) is 3.01. The van der Waals surface area contributed by atoms with Crippen molar-refractivity contribution in [3.8, 4) is 0 Å². The summed E-state index contributed by atoms with van der Waals surface area (Å²) in [6.07, 6.45) is 0. The zero-order valence-electron chi connectivity index (χ0n) is 17.3. The van der Waals surface area contributed by atoms with Gasteiger partial charge in [-0.3, -0.25) is 14.2 Å². The van der Waals surface area contributed by atoms with Gasteiger partial charge in [-0.25, -0.2) is 4.98 Å². The van der Waals surface area contributed by atoms with Gasteiger partial charge in [0.25, 0.3) is 5.56 Å². The van der Waals surface area contributed by atoms with Crippen LogP contribution in [0.3, 0.4) is 0 Å².